The molecule has 3 N–H and O–H groups in total. The summed E-state index contributed by atoms with van der Waals surface area (Å²) in [6.45, 7) is 3.25. The number of aliphatic carboxylic acids is 1. The fourth-order valence-corrected chi connectivity index (χ4v) is 0.488. The third-order valence-electron chi connectivity index (χ3n) is 1.02. The van der Waals surface area contributed by atoms with E-state index in [4.69, 9.17) is 10.8 Å². The van der Waals surface area contributed by atoms with E-state index in [0.29, 0.717) is 0 Å². The Morgan fingerprint density at radius 3 is 2.30 bits per heavy atom. The third-order valence-corrected chi connectivity index (χ3v) is 1.02. The molecule has 0 bridgehead atoms. The maximum absolute atomic E-state index is 10.2. The van der Waals surface area contributed by atoms with Gasteiger partial charge in [0.2, 0.25) is 5.91 Å². The molecule has 56 valence electrons. The molecule has 0 rings (SSSR count). The van der Waals surface area contributed by atoms with Gasteiger partial charge in [-0.3, -0.25) is 9.59 Å². The van der Waals surface area contributed by atoms with E-state index in [1.165, 1.54) is 6.08 Å². The van der Waals surface area contributed by atoms with Gasteiger partial charge in [0.15, 0.2) is 0 Å². The first-order valence-electron chi connectivity index (χ1n) is 2.71. The maximum atomic E-state index is 10.2. The van der Waals surface area contributed by atoms with Crippen LogP contribution in [0, 0.1) is 5.92 Å². The van der Waals surface area contributed by atoms with Gasteiger partial charge in [-0.1, -0.05) is 6.08 Å². The Labute approximate surface area is 58.3 Å². The molecule has 0 saturated carbocycles. The van der Waals surface area contributed by atoms with Crippen molar-refractivity contribution in [3.63, 3.8) is 0 Å². The van der Waals surface area contributed by atoms with Crippen LogP contribution in [0.5, 0.6) is 0 Å². The molecule has 0 radical (unpaired) electrons. The first-order valence-corrected chi connectivity index (χ1v) is 2.71. The number of amides is 1. The van der Waals surface area contributed by atoms with Crippen molar-refractivity contribution in [2.45, 2.75) is 6.42 Å². The quantitative estimate of drug-likeness (QED) is 0.532. The van der Waals surface area contributed by atoms with E-state index in [-0.39, 0.29) is 6.42 Å². The third kappa shape index (κ3) is 2.86. The van der Waals surface area contributed by atoms with E-state index in [0.717, 1.165) is 0 Å². The molecule has 0 aromatic carbocycles. The van der Waals surface area contributed by atoms with Gasteiger partial charge in [-0.2, -0.15) is 0 Å². The predicted octanol–water partition coefficient (Wildman–Crippen LogP) is -0.251. The fourth-order valence-electron chi connectivity index (χ4n) is 0.488. The first kappa shape index (κ1) is 8.68. The number of carbonyl (C=O) groups is 2. The van der Waals surface area contributed by atoms with Crippen LogP contribution < -0.4 is 5.73 Å². The Morgan fingerprint density at radius 2 is 2.20 bits per heavy atom. The molecule has 0 aliphatic carbocycles. The minimum absolute atomic E-state index is 0.182. The molecule has 0 aliphatic heterocycles. The second-order valence-electron chi connectivity index (χ2n) is 1.85. The summed E-state index contributed by atoms with van der Waals surface area (Å²) in [4.78, 5) is 20.4. The smallest absolute Gasteiger partial charge is 0.310 e. The Balaban J connectivity index is 3.96. The molecule has 10 heavy (non-hydrogen) atoms. The van der Waals surface area contributed by atoms with Crippen LogP contribution in [0.4, 0.5) is 0 Å². The van der Waals surface area contributed by atoms with Gasteiger partial charge < -0.3 is 10.8 Å². The zero-order valence-corrected chi connectivity index (χ0v) is 5.41. The number of rotatable bonds is 4. The zero-order valence-electron chi connectivity index (χ0n) is 5.41. The Kier molecular flexibility index (Phi) is 3.17. The van der Waals surface area contributed by atoms with Crippen LogP contribution in [0.3, 0.4) is 0 Å². The van der Waals surface area contributed by atoms with Gasteiger partial charge in [0.25, 0.3) is 0 Å². The van der Waals surface area contributed by atoms with E-state index in [1.807, 2.05) is 0 Å². The number of carboxylic acid groups (broad SMARTS) is 1. The van der Waals surface area contributed by atoms with Crippen LogP contribution >= 0.6 is 0 Å². The van der Waals surface area contributed by atoms with Gasteiger partial charge in [0, 0.05) is 6.42 Å². The van der Waals surface area contributed by atoms with E-state index in [2.05, 4.69) is 6.58 Å². The van der Waals surface area contributed by atoms with Gasteiger partial charge in [-0.15, -0.1) is 6.58 Å². The number of hydrogen-bond donors (Lipinski definition) is 2. The lowest BCUT2D eigenvalue weighted by Crippen LogP contribution is -2.20. The fraction of sp³-hybridized carbons (Fsp3) is 0.333. The summed E-state index contributed by atoms with van der Waals surface area (Å²) in [6, 6.07) is 0. The highest BCUT2D eigenvalue weighted by Crippen LogP contribution is 2.02. The Hall–Kier alpha value is -1.32. The molecule has 4 nitrogen and oxygen atoms in total. The monoisotopic (exact) mass is 143 g/mol. The second kappa shape index (κ2) is 3.66. The molecule has 1 atom stereocenters. The van der Waals surface area contributed by atoms with Gasteiger partial charge in [-0.05, 0) is 0 Å². The van der Waals surface area contributed by atoms with Crippen LogP contribution in [-0.2, 0) is 9.59 Å². The molecule has 4 heteroatoms. The second-order valence-corrected chi connectivity index (χ2v) is 1.85. The van der Waals surface area contributed by atoms with Gasteiger partial charge in [-0.25, -0.2) is 0 Å². The molecule has 0 aromatic rings. The molecule has 0 spiro atoms. The molecule has 0 saturated heterocycles. The number of primary amides is 1. The zero-order chi connectivity index (χ0) is 8.15. The summed E-state index contributed by atoms with van der Waals surface area (Å²) in [5.74, 6) is -2.56. The molecule has 0 aromatic heterocycles. The number of carbonyl (C=O) groups excluding carboxylic acids is 1. The topological polar surface area (TPSA) is 80.4 Å². The van der Waals surface area contributed by atoms with E-state index >= 15 is 0 Å². The van der Waals surface area contributed by atoms with Gasteiger partial charge in [0.1, 0.15) is 0 Å². The lowest BCUT2D eigenvalue weighted by molar-refractivity contribution is -0.141. The van der Waals surface area contributed by atoms with Crippen LogP contribution in [-0.4, -0.2) is 17.0 Å². The summed E-state index contributed by atoms with van der Waals surface area (Å²) in [7, 11) is 0. The number of hydrogen-bond acceptors (Lipinski definition) is 2. The lowest BCUT2D eigenvalue weighted by atomic mass is 10.1. The van der Waals surface area contributed by atoms with Crippen molar-refractivity contribution in [2.75, 3.05) is 0 Å². The Bertz CT molecular complexity index is 164. The molecule has 0 aliphatic rings. The van der Waals surface area contributed by atoms with Crippen LogP contribution in [0.15, 0.2) is 12.7 Å². The number of carboxylic acids is 1. The summed E-state index contributed by atoms with van der Waals surface area (Å²) >= 11 is 0. The minimum atomic E-state index is -1.08. The van der Waals surface area contributed by atoms with Crippen molar-refractivity contribution in [3.8, 4) is 0 Å². The SMILES string of the molecule is C=C[C@@H](CC(N)=O)C(=O)O. The van der Waals surface area contributed by atoms with Crippen molar-refractivity contribution < 1.29 is 14.7 Å². The molecule has 0 unspecified atom stereocenters. The normalized spacial score (nSPS) is 12.0. The van der Waals surface area contributed by atoms with E-state index in [9.17, 15) is 9.59 Å². The first-order chi connectivity index (χ1) is 4.57. The molecule has 0 heterocycles. The predicted molar refractivity (Wildman–Crippen MR) is 35.1 cm³/mol. The molecule has 0 fully saturated rings. The molecular weight excluding hydrogens is 134 g/mol. The Morgan fingerprint density at radius 1 is 1.70 bits per heavy atom. The molecular formula is C6H9NO3. The average molecular weight is 143 g/mol. The van der Waals surface area contributed by atoms with Crippen molar-refractivity contribution in [1.29, 1.82) is 0 Å². The highest BCUT2D eigenvalue weighted by atomic mass is 16.4. The largest absolute Gasteiger partial charge is 0.481 e. The highest BCUT2D eigenvalue weighted by molar-refractivity contribution is 5.82. The summed E-state index contributed by atoms with van der Waals surface area (Å²) in [5.41, 5.74) is 4.76. The average Bonchev–Trinajstić information content (AvgIpc) is 1.81. The summed E-state index contributed by atoms with van der Waals surface area (Å²) < 4.78 is 0. The van der Waals surface area contributed by atoms with Gasteiger partial charge >= 0.3 is 5.97 Å². The van der Waals surface area contributed by atoms with Gasteiger partial charge in [0.05, 0.1) is 5.92 Å². The van der Waals surface area contributed by atoms with Crippen molar-refractivity contribution in [2.24, 2.45) is 11.7 Å². The molecule has 1 amide bonds. The minimum Gasteiger partial charge on any atom is -0.481 e. The van der Waals surface area contributed by atoms with E-state index in [1.54, 1.807) is 0 Å². The number of nitrogens with two attached hydrogens (primary N) is 1. The summed E-state index contributed by atoms with van der Waals surface area (Å²) in [5, 5.41) is 8.34. The maximum Gasteiger partial charge on any atom is 0.310 e. The standard InChI is InChI=1S/C6H9NO3/c1-2-4(6(9)10)3-5(7)8/h2,4H,1,3H2,(H2,7,8)(H,9,10)/t4-/m0/s1. The van der Waals surface area contributed by atoms with Crippen molar-refractivity contribution >= 4 is 11.9 Å². The lowest BCUT2D eigenvalue weighted by Gasteiger charge is -2.01. The van der Waals surface area contributed by atoms with Crippen molar-refractivity contribution in [3.05, 3.63) is 12.7 Å². The van der Waals surface area contributed by atoms with Crippen molar-refractivity contribution in [1.82, 2.24) is 0 Å². The van der Waals surface area contributed by atoms with Crippen LogP contribution in [0.1, 0.15) is 6.42 Å². The highest BCUT2D eigenvalue weighted by Gasteiger charge is 2.14. The van der Waals surface area contributed by atoms with Crippen LogP contribution in [0.2, 0.25) is 0 Å². The summed E-state index contributed by atoms with van der Waals surface area (Å²) in [6.07, 6.45) is 1.01. The van der Waals surface area contributed by atoms with Crippen LogP contribution in [0.25, 0.3) is 0 Å². The van der Waals surface area contributed by atoms with E-state index < -0.39 is 17.8 Å².